The maximum absolute atomic E-state index is 12.0. The van der Waals surface area contributed by atoms with E-state index in [0.717, 1.165) is 17.3 Å². The van der Waals surface area contributed by atoms with Crippen molar-refractivity contribution in [3.63, 3.8) is 0 Å². The average Bonchev–Trinajstić information content (AvgIpc) is 2.50. The summed E-state index contributed by atoms with van der Waals surface area (Å²) in [5.41, 5.74) is 6.52. The van der Waals surface area contributed by atoms with E-state index >= 15 is 0 Å². The summed E-state index contributed by atoms with van der Waals surface area (Å²) < 4.78 is 0.949. The fourth-order valence-electron chi connectivity index (χ4n) is 2.30. The van der Waals surface area contributed by atoms with Gasteiger partial charge in [-0.15, -0.1) is 12.4 Å². The summed E-state index contributed by atoms with van der Waals surface area (Å²) in [6, 6.07) is 7.19. The Kier molecular flexibility index (Phi) is 8.36. The van der Waals surface area contributed by atoms with Gasteiger partial charge in [0.05, 0.1) is 0 Å². The van der Waals surface area contributed by atoms with Gasteiger partial charge in [-0.05, 0) is 37.1 Å². The molecule has 0 spiro atoms. The Morgan fingerprint density at radius 2 is 1.83 bits per heavy atom. The van der Waals surface area contributed by atoms with Gasteiger partial charge in [0.1, 0.15) is 0 Å². The number of halogens is 2. The monoisotopic (exact) mass is 404 g/mol. The lowest BCUT2D eigenvalue weighted by atomic mass is 10.1. The number of hydrogen-bond donors (Lipinski definition) is 3. The van der Waals surface area contributed by atoms with E-state index in [0.29, 0.717) is 31.7 Å². The molecule has 2 rings (SSSR count). The number of hydrogen-bond acceptors (Lipinski definition) is 3. The number of nitrogens with two attached hydrogens (primary N) is 1. The molecule has 4 N–H and O–H groups in total. The zero-order valence-corrected chi connectivity index (χ0v) is 15.2. The van der Waals surface area contributed by atoms with Gasteiger partial charge < -0.3 is 21.3 Å². The molecule has 1 aromatic carbocycles. The van der Waals surface area contributed by atoms with Crippen LogP contribution in [-0.2, 0) is 4.79 Å². The average molecular weight is 406 g/mol. The van der Waals surface area contributed by atoms with E-state index in [1.165, 1.54) is 0 Å². The number of piperidine rings is 1. The first-order valence-electron chi connectivity index (χ1n) is 7.38. The van der Waals surface area contributed by atoms with Crippen LogP contribution < -0.4 is 16.4 Å². The number of nitrogens with one attached hydrogen (secondary N) is 2. The van der Waals surface area contributed by atoms with E-state index in [4.69, 9.17) is 5.73 Å². The lowest BCUT2D eigenvalue weighted by molar-refractivity contribution is -0.132. The predicted molar refractivity (Wildman–Crippen MR) is 96.8 cm³/mol. The molecule has 0 unspecified atom stereocenters. The Hall–Kier alpha value is -1.31. The van der Waals surface area contributed by atoms with Crippen LogP contribution in [0.3, 0.4) is 0 Å². The fourth-order valence-corrected chi connectivity index (χ4v) is 2.56. The first-order chi connectivity index (χ1) is 10.5. The van der Waals surface area contributed by atoms with Gasteiger partial charge in [-0.1, -0.05) is 15.9 Å². The smallest absolute Gasteiger partial charge is 0.319 e. The molecular weight excluding hydrogens is 384 g/mol. The maximum atomic E-state index is 12.0. The highest BCUT2D eigenvalue weighted by atomic mass is 79.9. The van der Waals surface area contributed by atoms with E-state index < -0.39 is 0 Å². The van der Waals surface area contributed by atoms with Gasteiger partial charge in [0.15, 0.2) is 0 Å². The van der Waals surface area contributed by atoms with Crippen LogP contribution in [0.5, 0.6) is 0 Å². The summed E-state index contributed by atoms with van der Waals surface area (Å²) in [4.78, 5) is 25.5. The largest absolute Gasteiger partial charge is 0.343 e. The van der Waals surface area contributed by atoms with Crippen LogP contribution in [-0.4, -0.2) is 42.5 Å². The summed E-state index contributed by atoms with van der Waals surface area (Å²) in [7, 11) is 0. The van der Waals surface area contributed by atoms with Gasteiger partial charge in [-0.2, -0.15) is 0 Å². The number of amides is 3. The summed E-state index contributed by atoms with van der Waals surface area (Å²) in [6.45, 7) is 1.75. The Balaban J connectivity index is 0.00000264. The third-order valence-corrected chi connectivity index (χ3v) is 4.15. The third-order valence-electron chi connectivity index (χ3n) is 3.62. The highest BCUT2D eigenvalue weighted by Crippen LogP contribution is 2.14. The second kappa shape index (κ2) is 9.75. The lowest BCUT2D eigenvalue weighted by Gasteiger charge is -2.30. The number of anilines is 1. The SMILES string of the molecule is Cl.NC1CCN(C(=O)CCNC(=O)Nc2ccc(Br)cc2)CC1. The molecule has 1 heterocycles. The minimum absolute atomic E-state index is 0. The van der Waals surface area contributed by atoms with Gasteiger partial charge >= 0.3 is 6.03 Å². The van der Waals surface area contributed by atoms with Gasteiger partial charge in [0.2, 0.25) is 5.91 Å². The van der Waals surface area contributed by atoms with Gasteiger partial charge in [0, 0.05) is 42.3 Å². The molecule has 0 aliphatic carbocycles. The van der Waals surface area contributed by atoms with E-state index in [1.54, 1.807) is 12.1 Å². The molecule has 3 amide bonds. The summed E-state index contributed by atoms with van der Waals surface area (Å²) >= 11 is 3.33. The van der Waals surface area contributed by atoms with E-state index in [2.05, 4.69) is 26.6 Å². The van der Waals surface area contributed by atoms with Crippen LogP contribution >= 0.6 is 28.3 Å². The molecule has 1 fully saturated rings. The van der Waals surface area contributed by atoms with Crippen molar-refractivity contribution < 1.29 is 9.59 Å². The molecule has 6 nitrogen and oxygen atoms in total. The summed E-state index contributed by atoms with van der Waals surface area (Å²) in [5.74, 6) is 0.0656. The van der Waals surface area contributed by atoms with E-state index in [1.807, 2.05) is 17.0 Å². The van der Waals surface area contributed by atoms with E-state index in [-0.39, 0.29) is 30.4 Å². The number of carbonyl (C=O) groups is 2. The van der Waals surface area contributed by atoms with Crippen molar-refractivity contribution >= 4 is 46.0 Å². The molecule has 1 aromatic rings. The minimum Gasteiger partial charge on any atom is -0.343 e. The number of likely N-dealkylation sites (tertiary alicyclic amines) is 1. The number of carbonyl (C=O) groups excluding carboxylic acids is 2. The Morgan fingerprint density at radius 1 is 1.22 bits per heavy atom. The number of benzene rings is 1. The molecule has 0 saturated carbocycles. The molecule has 0 bridgehead atoms. The highest BCUT2D eigenvalue weighted by Gasteiger charge is 2.20. The standard InChI is InChI=1S/C15H21BrN4O2.ClH/c16-11-1-3-13(4-2-11)19-15(22)18-8-5-14(21)20-9-6-12(17)7-10-20;/h1-4,12H,5-10,17H2,(H2,18,19,22);1H. The molecule has 0 radical (unpaired) electrons. The third kappa shape index (κ3) is 6.76. The first-order valence-corrected chi connectivity index (χ1v) is 8.17. The zero-order chi connectivity index (χ0) is 15.9. The minimum atomic E-state index is -0.309. The first kappa shape index (κ1) is 19.7. The number of rotatable bonds is 4. The molecule has 128 valence electrons. The molecule has 23 heavy (non-hydrogen) atoms. The molecule has 1 aliphatic rings. The number of nitrogens with zero attached hydrogens (tertiary/aromatic N) is 1. The van der Waals surface area contributed by atoms with Crippen molar-refractivity contribution in [3.05, 3.63) is 28.7 Å². The van der Waals surface area contributed by atoms with Gasteiger partial charge in [-0.3, -0.25) is 4.79 Å². The molecule has 1 aliphatic heterocycles. The van der Waals surface area contributed by atoms with Crippen molar-refractivity contribution in [2.45, 2.75) is 25.3 Å². The van der Waals surface area contributed by atoms with E-state index in [9.17, 15) is 9.59 Å². The predicted octanol–water partition coefficient (Wildman–Crippen LogP) is 2.33. The number of urea groups is 1. The van der Waals surface area contributed by atoms with Crippen molar-refractivity contribution in [3.8, 4) is 0 Å². The lowest BCUT2D eigenvalue weighted by Crippen LogP contribution is -2.43. The Bertz CT molecular complexity index is 519. The molecule has 8 heteroatoms. The van der Waals surface area contributed by atoms with Crippen LogP contribution in [0.2, 0.25) is 0 Å². The van der Waals surface area contributed by atoms with Crippen molar-refractivity contribution in [2.24, 2.45) is 5.73 Å². The Labute approximate surface area is 150 Å². The molecular formula is C15H22BrClN4O2. The maximum Gasteiger partial charge on any atom is 0.319 e. The quantitative estimate of drug-likeness (QED) is 0.718. The topological polar surface area (TPSA) is 87.5 Å². The molecule has 1 saturated heterocycles. The highest BCUT2D eigenvalue weighted by molar-refractivity contribution is 9.10. The second-order valence-electron chi connectivity index (χ2n) is 5.36. The second-order valence-corrected chi connectivity index (χ2v) is 6.27. The molecule has 0 aromatic heterocycles. The van der Waals surface area contributed by atoms with Crippen molar-refractivity contribution in [1.29, 1.82) is 0 Å². The van der Waals surface area contributed by atoms with Crippen LogP contribution in [0.15, 0.2) is 28.7 Å². The van der Waals surface area contributed by atoms with Gasteiger partial charge in [-0.25, -0.2) is 4.79 Å². The van der Waals surface area contributed by atoms with Crippen molar-refractivity contribution in [2.75, 3.05) is 25.0 Å². The van der Waals surface area contributed by atoms with Crippen LogP contribution in [0.1, 0.15) is 19.3 Å². The fraction of sp³-hybridized carbons (Fsp3) is 0.467. The normalized spacial score (nSPS) is 14.8. The van der Waals surface area contributed by atoms with Crippen molar-refractivity contribution in [1.82, 2.24) is 10.2 Å². The van der Waals surface area contributed by atoms with Crippen LogP contribution in [0.4, 0.5) is 10.5 Å². The van der Waals surface area contributed by atoms with Crippen LogP contribution in [0, 0.1) is 0 Å². The summed E-state index contributed by atoms with van der Waals surface area (Å²) in [6.07, 6.45) is 2.01. The van der Waals surface area contributed by atoms with Crippen LogP contribution in [0.25, 0.3) is 0 Å². The zero-order valence-electron chi connectivity index (χ0n) is 12.8. The Morgan fingerprint density at radius 3 is 2.43 bits per heavy atom. The summed E-state index contributed by atoms with van der Waals surface area (Å²) in [5, 5.41) is 5.41. The molecule has 0 atom stereocenters. The van der Waals surface area contributed by atoms with Gasteiger partial charge in [0.25, 0.3) is 0 Å².